The average Bonchev–Trinajstić information content (AvgIpc) is 3.50. The fourth-order valence-corrected chi connectivity index (χ4v) is 5.81. The first-order valence-electron chi connectivity index (χ1n) is 11.9. The van der Waals surface area contributed by atoms with Crippen LogP contribution in [-0.4, -0.2) is 72.1 Å². The third-order valence-corrected chi connectivity index (χ3v) is 7.94. The Bertz CT molecular complexity index is 1170. The van der Waals surface area contributed by atoms with Gasteiger partial charge >= 0.3 is 12.1 Å². The number of carbonyl (C=O) groups excluding carboxylic acids is 2. The molecule has 3 heterocycles. The number of carboxylic acid groups (broad SMARTS) is 1. The summed E-state index contributed by atoms with van der Waals surface area (Å²) >= 11 is 0. The summed E-state index contributed by atoms with van der Waals surface area (Å²) in [7, 11) is 0. The number of rotatable bonds is 3. The molecule has 6 rings (SSSR count). The Hall–Kier alpha value is -3.55. The largest absolute Gasteiger partial charge is 0.465 e. The number of esters is 1. The van der Waals surface area contributed by atoms with Crippen molar-refractivity contribution in [2.45, 2.75) is 30.3 Å². The lowest BCUT2D eigenvalue weighted by atomic mass is 9.91. The predicted octanol–water partition coefficient (Wildman–Crippen LogP) is 2.82. The Morgan fingerprint density at radius 1 is 0.853 bits per heavy atom. The van der Waals surface area contributed by atoms with Crippen molar-refractivity contribution >= 4 is 23.7 Å². The molecule has 0 aromatic heterocycles. The molecule has 3 aliphatic heterocycles. The molecule has 8 nitrogen and oxygen atoms in total. The maximum absolute atomic E-state index is 13.7. The van der Waals surface area contributed by atoms with Gasteiger partial charge in [0.2, 0.25) is 5.91 Å². The van der Waals surface area contributed by atoms with Crippen LogP contribution in [0.25, 0.3) is 0 Å². The number of likely N-dealkylation sites (tertiary alicyclic amines) is 1. The molecule has 4 aliphatic rings. The van der Waals surface area contributed by atoms with E-state index in [2.05, 4.69) is 4.90 Å². The van der Waals surface area contributed by atoms with Crippen molar-refractivity contribution in [3.05, 3.63) is 65.2 Å². The second-order valence-electron chi connectivity index (χ2n) is 9.79. The van der Waals surface area contributed by atoms with Crippen molar-refractivity contribution in [1.82, 2.24) is 9.80 Å². The monoisotopic (exact) mass is 461 g/mol. The molecule has 2 amide bonds. The standard InChI is InChI=1S/C26H27N3O5/c30-22-20-3-1-2-4-21(20)26(34-22)11-12-29(17-26)23(31)25(9-10-25)18-5-7-19(8-6-18)27-13-15-28(16-14-27)24(32)33/h1-8H,9-17H2,(H,32,33)/t26-/m0/s1. The van der Waals surface area contributed by atoms with Gasteiger partial charge in [0.25, 0.3) is 0 Å². The second-order valence-corrected chi connectivity index (χ2v) is 9.79. The summed E-state index contributed by atoms with van der Waals surface area (Å²) in [5.41, 5.74) is 2.36. The molecule has 1 N–H and O–H groups in total. The van der Waals surface area contributed by atoms with Crippen LogP contribution < -0.4 is 4.90 Å². The van der Waals surface area contributed by atoms with Crippen LogP contribution in [0.2, 0.25) is 0 Å². The fraction of sp³-hybridized carbons (Fsp3) is 0.423. The average molecular weight is 462 g/mol. The van der Waals surface area contributed by atoms with Gasteiger partial charge in [-0.1, -0.05) is 30.3 Å². The number of benzene rings is 2. The first kappa shape index (κ1) is 21.0. The maximum Gasteiger partial charge on any atom is 0.407 e. The zero-order valence-electron chi connectivity index (χ0n) is 18.9. The lowest BCUT2D eigenvalue weighted by molar-refractivity contribution is -0.134. The molecule has 34 heavy (non-hydrogen) atoms. The van der Waals surface area contributed by atoms with E-state index >= 15 is 0 Å². The number of anilines is 1. The molecule has 2 aromatic carbocycles. The minimum absolute atomic E-state index is 0.118. The van der Waals surface area contributed by atoms with Crippen molar-refractivity contribution in [1.29, 1.82) is 0 Å². The number of ether oxygens (including phenoxy) is 1. The highest BCUT2D eigenvalue weighted by Gasteiger charge is 2.57. The van der Waals surface area contributed by atoms with Gasteiger partial charge in [-0.3, -0.25) is 4.79 Å². The molecule has 1 aliphatic carbocycles. The molecule has 1 spiro atoms. The summed E-state index contributed by atoms with van der Waals surface area (Å²) in [5.74, 6) is -0.182. The lowest BCUT2D eigenvalue weighted by Crippen LogP contribution is -2.48. The number of piperazine rings is 1. The van der Waals surface area contributed by atoms with Crippen molar-refractivity contribution in [3.8, 4) is 0 Å². The highest BCUT2D eigenvalue weighted by molar-refractivity contribution is 5.96. The van der Waals surface area contributed by atoms with Gasteiger partial charge in [-0.05, 0) is 36.6 Å². The van der Waals surface area contributed by atoms with Crippen molar-refractivity contribution in [2.75, 3.05) is 44.2 Å². The Labute approximate surface area is 197 Å². The summed E-state index contributed by atoms with van der Waals surface area (Å²) in [4.78, 5) is 42.7. The molecule has 2 aromatic rings. The van der Waals surface area contributed by atoms with E-state index in [0.717, 1.165) is 29.7 Å². The summed E-state index contributed by atoms with van der Waals surface area (Å²) in [5, 5.41) is 9.15. The SMILES string of the molecule is O=C1O[C@]2(CCN(C(=O)C3(c4ccc(N5CCN(C(=O)O)CC5)cc4)CC3)C2)c2ccccc21. The van der Waals surface area contributed by atoms with Crippen molar-refractivity contribution in [2.24, 2.45) is 0 Å². The molecule has 0 unspecified atom stereocenters. The highest BCUT2D eigenvalue weighted by Crippen LogP contribution is 2.52. The van der Waals surface area contributed by atoms with Crippen LogP contribution in [-0.2, 0) is 20.5 Å². The Balaban J connectivity index is 1.16. The van der Waals surface area contributed by atoms with Gasteiger partial charge in [0, 0.05) is 50.4 Å². The molecule has 0 radical (unpaired) electrons. The van der Waals surface area contributed by atoms with Gasteiger partial charge in [-0.2, -0.15) is 0 Å². The number of fused-ring (bicyclic) bond motifs is 2. The van der Waals surface area contributed by atoms with E-state index in [9.17, 15) is 14.4 Å². The van der Waals surface area contributed by atoms with Gasteiger partial charge in [0.05, 0.1) is 17.5 Å². The Kier molecular flexibility index (Phi) is 4.62. The van der Waals surface area contributed by atoms with E-state index in [1.165, 1.54) is 4.90 Å². The topological polar surface area (TPSA) is 90.4 Å². The van der Waals surface area contributed by atoms with E-state index < -0.39 is 17.1 Å². The quantitative estimate of drug-likeness (QED) is 0.707. The summed E-state index contributed by atoms with van der Waals surface area (Å²) in [6, 6.07) is 15.7. The minimum atomic E-state index is -0.872. The summed E-state index contributed by atoms with van der Waals surface area (Å²) in [6.45, 7) is 3.28. The normalized spacial score (nSPS) is 24.8. The summed E-state index contributed by atoms with van der Waals surface area (Å²) in [6.07, 6.45) is 1.40. The molecule has 0 bridgehead atoms. The number of amides is 2. The fourth-order valence-electron chi connectivity index (χ4n) is 5.81. The van der Waals surface area contributed by atoms with Crippen LogP contribution in [0.5, 0.6) is 0 Å². The third-order valence-electron chi connectivity index (χ3n) is 7.94. The Morgan fingerprint density at radius 3 is 2.24 bits per heavy atom. The molecule has 8 heteroatoms. The molecule has 3 fully saturated rings. The molecule has 2 saturated heterocycles. The summed E-state index contributed by atoms with van der Waals surface area (Å²) < 4.78 is 5.83. The minimum Gasteiger partial charge on any atom is -0.465 e. The zero-order valence-corrected chi connectivity index (χ0v) is 18.9. The predicted molar refractivity (Wildman–Crippen MR) is 124 cm³/mol. The van der Waals surface area contributed by atoms with Crippen LogP contribution in [0.3, 0.4) is 0 Å². The molecular weight excluding hydrogens is 434 g/mol. The molecular formula is C26H27N3O5. The lowest BCUT2D eigenvalue weighted by Gasteiger charge is -2.34. The first-order valence-corrected chi connectivity index (χ1v) is 11.9. The maximum atomic E-state index is 13.7. The van der Waals surface area contributed by atoms with Crippen molar-refractivity contribution in [3.63, 3.8) is 0 Å². The zero-order chi connectivity index (χ0) is 23.5. The van der Waals surface area contributed by atoms with E-state index in [1.54, 1.807) is 6.07 Å². The van der Waals surface area contributed by atoms with Gasteiger partial charge in [-0.15, -0.1) is 0 Å². The van der Waals surface area contributed by atoms with Crippen molar-refractivity contribution < 1.29 is 24.2 Å². The van der Waals surface area contributed by atoms with E-state index in [1.807, 2.05) is 47.4 Å². The van der Waals surface area contributed by atoms with Gasteiger partial charge in [0.1, 0.15) is 0 Å². The highest BCUT2D eigenvalue weighted by atomic mass is 16.6. The number of carbonyl (C=O) groups is 3. The first-order chi connectivity index (χ1) is 16.4. The molecule has 176 valence electrons. The molecule has 1 saturated carbocycles. The second kappa shape index (κ2) is 7.48. The van der Waals surface area contributed by atoms with E-state index in [4.69, 9.17) is 9.84 Å². The van der Waals surface area contributed by atoms with Crippen LogP contribution in [0, 0.1) is 0 Å². The van der Waals surface area contributed by atoms with Crippen LogP contribution in [0.1, 0.15) is 40.7 Å². The third kappa shape index (κ3) is 3.15. The molecule has 1 atom stereocenters. The van der Waals surface area contributed by atoms with Gasteiger partial charge in [-0.25, -0.2) is 9.59 Å². The number of hydrogen-bond acceptors (Lipinski definition) is 5. The Morgan fingerprint density at radius 2 is 1.56 bits per heavy atom. The van der Waals surface area contributed by atoms with Crippen LogP contribution in [0.4, 0.5) is 10.5 Å². The van der Waals surface area contributed by atoms with Gasteiger partial charge in [0.15, 0.2) is 5.60 Å². The van der Waals surface area contributed by atoms with E-state index in [-0.39, 0.29) is 11.9 Å². The van der Waals surface area contributed by atoms with Crippen LogP contribution >= 0.6 is 0 Å². The number of nitrogens with zero attached hydrogens (tertiary/aromatic N) is 3. The van der Waals surface area contributed by atoms with Crippen LogP contribution in [0.15, 0.2) is 48.5 Å². The smallest absolute Gasteiger partial charge is 0.407 e. The number of hydrogen-bond donors (Lipinski definition) is 1. The van der Waals surface area contributed by atoms with Gasteiger partial charge < -0.3 is 24.5 Å². The van der Waals surface area contributed by atoms with E-state index in [0.29, 0.717) is 51.3 Å².